The molecule has 6 nitrogen and oxygen atoms in total. The van der Waals surface area contributed by atoms with Gasteiger partial charge in [0.1, 0.15) is 0 Å². The van der Waals surface area contributed by atoms with Gasteiger partial charge >= 0.3 is 32.6 Å². The smallest absolute Gasteiger partial charge is 0.267 e. The zero-order valence-electron chi connectivity index (χ0n) is 26.1. The second-order valence-electron chi connectivity index (χ2n) is 13.2. The van der Waals surface area contributed by atoms with Crippen LogP contribution in [0.3, 0.4) is 0 Å². The molecule has 4 rings (SSSR count). The summed E-state index contributed by atoms with van der Waals surface area (Å²) in [5.41, 5.74) is -11.3. The standard InChI is InChI=1S/C31H41F8NO5S2/c1-2-28(32,29(33,34)27(41)40-47(44,45)31(37,38)39)30(35,36)46(42,43)26-24(21-14-8-4-9-15-21)18-23(20-12-6-3-7-13-20)19-25(26)22-16-10-5-11-17-22/h18-22H,2-17H2,1H3,(H,40,41). The van der Waals surface area contributed by atoms with Crippen molar-refractivity contribution in [3.05, 3.63) is 28.8 Å². The van der Waals surface area contributed by atoms with Crippen LogP contribution in [-0.2, 0) is 24.7 Å². The van der Waals surface area contributed by atoms with Gasteiger partial charge in [-0.2, -0.15) is 39.2 Å². The lowest BCUT2D eigenvalue weighted by atomic mass is 9.76. The number of benzene rings is 1. The van der Waals surface area contributed by atoms with Crippen molar-refractivity contribution in [2.24, 2.45) is 0 Å². The van der Waals surface area contributed by atoms with Gasteiger partial charge in [-0.25, -0.2) is 17.5 Å². The molecule has 47 heavy (non-hydrogen) atoms. The fourth-order valence-electron chi connectivity index (χ4n) is 7.49. The van der Waals surface area contributed by atoms with Gasteiger partial charge in [-0.1, -0.05) is 76.8 Å². The average molecular weight is 724 g/mol. The molecule has 3 aliphatic rings. The number of sulfonamides is 1. The molecule has 16 heteroatoms. The van der Waals surface area contributed by atoms with Gasteiger partial charge in [-0.3, -0.25) is 4.79 Å². The van der Waals surface area contributed by atoms with E-state index in [1.807, 2.05) is 0 Å². The Hall–Kier alpha value is -1.97. The molecule has 3 aliphatic carbocycles. The normalized spacial score (nSPS) is 21.7. The average Bonchev–Trinajstić information content (AvgIpc) is 3.03. The van der Waals surface area contributed by atoms with E-state index in [1.54, 1.807) is 0 Å². The molecular formula is C31H41F8NO5S2. The Morgan fingerprint density at radius 1 is 0.681 bits per heavy atom. The third-order valence-electron chi connectivity index (χ3n) is 10.2. The highest BCUT2D eigenvalue weighted by atomic mass is 32.2. The summed E-state index contributed by atoms with van der Waals surface area (Å²) in [7, 11) is -13.3. The first kappa shape index (κ1) is 37.8. The Labute approximate surface area is 270 Å². The lowest BCUT2D eigenvalue weighted by Crippen LogP contribution is -2.66. The summed E-state index contributed by atoms with van der Waals surface area (Å²) in [5.74, 6) is -10.9. The van der Waals surface area contributed by atoms with Crippen LogP contribution in [0.15, 0.2) is 17.0 Å². The number of halogens is 8. The Morgan fingerprint density at radius 2 is 1.06 bits per heavy atom. The van der Waals surface area contributed by atoms with Gasteiger partial charge in [0, 0.05) is 0 Å². The Balaban J connectivity index is 1.94. The molecule has 1 aromatic rings. The minimum atomic E-state index is -6.88. The number of amides is 1. The van der Waals surface area contributed by atoms with Gasteiger partial charge in [0.25, 0.3) is 5.67 Å². The third-order valence-corrected chi connectivity index (χ3v) is 13.3. The van der Waals surface area contributed by atoms with Crippen LogP contribution in [0.5, 0.6) is 0 Å². The lowest BCUT2D eigenvalue weighted by Gasteiger charge is -2.39. The van der Waals surface area contributed by atoms with E-state index in [0.29, 0.717) is 58.3 Å². The van der Waals surface area contributed by atoms with Crippen molar-refractivity contribution >= 4 is 25.8 Å². The monoisotopic (exact) mass is 723 g/mol. The molecule has 1 N–H and O–H groups in total. The number of rotatable bonds is 10. The van der Waals surface area contributed by atoms with Crippen LogP contribution in [0.1, 0.15) is 144 Å². The molecule has 1 atom stereocenters. The van der Waals surface area contributed by atoms with Gasteiger partial charge in [0.2, 0.25) is 9.84 Å². The molecule has 1 aromatic carbocycles. The van der Waals surface area contributed by atoms with Crippen molar-refractivity contribution in [1.82, 2.24) is 4.72 Å². The SMILES string of the molecule is CCC(F)(C(F)(F)C(=O)NS(=O)(=O)C(F)(F)F)C(F)(F)S(=O)(=O)c1c(C2CCCCC2)cc(C2CCCCC2)cc1C1CCCCC1. The number of hydrogen-bond acceptors (Lipinski definition) is 5. The minimum absolute atomic E-state index is 0.00483. The zero-order chi connectivity index (χ0) is 35.1. The summed E-state index contributed by atoms with van der Waals surface area (Å²) < 4.78 is 169. The second-order valence-corrected chi connectivity index (χ2v) is 16.8. The summed E-state index contributed by atoms with van der Waals surface area (Å²) in [4.78, 5) is 11.2. The highest BCUT2D eigenvalue weighted by Crippen LogP contribution is 2.55. The number of alkyl halides is 8. The second kappa shape index (κ2) is 13.7. The molecule has 0 aliphatic heterocycles. The first-order chi connectivity index (χ1) is 21.7. The Kier molecular flexibility index (Phi) is 11.1. The minimum Gasteiger partial charge on any atom is -0.267 e. The van der Waals surface area contributed by atoms with Crippen molar-refractivity contribution in [2.75, 3.05) is 0 Å². The van der Waals surface area contributed by atoms with Crippen LogP contribution in [0.2, 0.25) is 0 Å². The lowest BCUT2D eigenvalue weighted by molar-refractivity contribution is -0.214. The summed E-state index contributed by atoms with van der Waals surface area (Å²) in [6.07, 6.45) is 8.12. The summed E-state index contributed by atoms with van der Waals surface area (Å²) >= 11 is 0. The molecule has 0 heterocycles. The quantitative estimate of drug-likeness (QED) is 0.243. The number of sulfone groups is 1. The maximum Gasteiger partial charge on any atom is 0.516 e. The van der Waals surface area contributed by atoms with Gasteiger partial charge < -0.3 is 0 Å². The summed E-state index contributed by atoms with van der Waals surface area (Å²) in [6.45, 7) is 0.374. The van der Waals surface area contributed by atoms with Gasteiger partial charge in [-0.15, -0.1) is 0 Å². The van der Waals surface area contributed by atoms with Gasteiger partial charge in [0.15, 0.2) is 0 Å². The van der Waals surface area contributed by atoms with Crippen LogP contribution in [0, 0.1) is 0 Å². The van der Waals surface area contributed by atoms with Crippen LogP contribution in [-0.4, -0.2) is 45.1 Å². The van der Waals surface area contributed by atoms with Crippen molar-refractivity contribution in [1.29, 1.82) is 0 Å². The Morgan fingerprint density at radius 3 is 1.43 bits per heavy atom. The predicted molar refractivity (Wildman–Crippen MR) is 158 cm³/mol. The van der Waals surface area contributed by atoms with Crippen molar-refractivity contribution < 1.29 is 56.8 Å². The number of nitrogens with one attached hydrogen (secondary N) is 1. The molecule has 0 spiro atoms. The van der Waals surface area contributed by atoms with E-state index >= 15 is 22.0 Å². The topological polar surface area (TPSA) is 97.4 Å². The molecule has 0 radical (unpaired) electrons. The number of hydrogen-bond donors (Lipinski definition) is 1. The first-order valence-electron chi connectivity index (χ1n) is 16.2. The van der Waals surface area contributed by atoms with Crippen LogP contribution in [0.4, 0.5) is 35.1 Å². The van der Waals surface area contributed by atoms with Crippen molar-refractivity contribution in [3.8, 4) is 0 Å². The molecule has 0 aromatic heterocycles. The van der Waals surface area contributed by atoms with Crippen molar-refractivity contribution in [2.45, 2.75) is 155 Å². The molecule has 1 amide bonds. The molecule has 3 fully saturated rings. The van der Waals surface area contributed by atoms with Crippen LogP contribution in [0.25, 0.3) is 0 Å². The van der Waals surface area contributed by atoms with E-state index in [-0.39, 0.29) is 21.8 Å². The molecule has 0 bridgehead atoms. The van der Waals surface area contributed by atoms with Gasteiger partial charge in [-0.05, 0) is 79.4 Å². The van der Waals surface area contributed by atoms with E-state index in [1.165, 1.54) is 12.1 Å². The Bertz CT molecular complexity index is 1470. The highest BCUT2D eigenvalue weighted by molar-refractivity contribution is 7.92. The van der Waals surface area contributed by atoms with E-state index in [9.17, 15) is 34.8 Å². The van der Waals surface area contributed by atoms with Crippen LogP contribution < -0.4 is 4.72 Å². The van der Waals surface area contributed by atoms with E-state index < -0.39 is 71.3 Å². The van der Waals surface area contributed by atoms with Crippen molar-refractivity contribution in [3.63, 3.8) is 0 Å². The fraction of sp³-hybridized carbons (Fsp3) is 0.774. The van der Waals surface area contributed by atoms with Crippen LogP contribution >= 0.6 is 0 Å². The maximum atomic E-state index is 16.4. The highest BCUT2D eigenvalue weighted by Gasteiger charge is 2.78. The predicted octanol–water partition coefficient (Wildman–Crippen LogP) is 8.92. The van der Waals surface area contributed by atoms with E-state index in [2.05, 4.69) is 0 Å². The fourth-order valence-corrected chi connectivity index (χ4v) is 10.0. The number of carbonyl (C=O) groups is 1. The molecule has 0 saturated heterocycles. The van der Waals surface area contributed by atoms with Gasteiger partial charge in [0.05, 0.1) is 4.90 Å². The van der Waals surface area contributed by atoms with E-state index in [0.717, 1.165) is 50.5 Å². The first-order valence-corrected chi connectivity index (χ1v) is 19.2. The summed E-state index contributed by atoms with van der Waals surface area (Å²) in [5, 5.41) is -6.09. The van der Waals surface area contributed by atoms with E-state index in [4.69, 9.17) is 0 Å². The largest absolute Gasteiger partial charge is 0.516 e. The zero-order valence-corrected chi connectivity index (χ0v) is 27.7. The summed E-state index contributed by atoms with van der Waals surface area (Å²) in [6, 6.07) is 3.07. The third kappa shape index (κ3) is 6.92. The number of carbonyl (C=O) groups excluding carboxylic acids is 1. The molecular weight excluding hydrogens is 682 g/mol. The molecule has 1 unspecified atom stereocenters. The maximum absolute atomic E-state index is 16.4. The molecule has 3 saturated carbocycles. The molecule has 268 valence electrons.